The number of phenolic OH excluding ortho intramolecular Hbond substituents is 2. The molecule has 0 atom stereocenters. The van der Waals surface area contributed by atoms with E-state index in [0.717, 1.165) is 0 Å². The number of rotatable bonds is 5. The Bertz CT molecular complexity index is 786. The third kappa shape index (κ3) is 3.70. The summed E-state index contributed by atoms with van der Waals surface area (Å²) >= 11 is 0. The third-order valence-electron chi connectivity index (χ3n) is 3.38. The third-order valence-corrected chi connectivity index (χ3v) is 3.38. The maximum absolute atomic E-state index is 12.2. The second-order valence-corrected chi connectivity index (χ2v) is 4.95. The molecule has 0 saturated heterocycles. The van der Waals surface area contributed by atoms with E-state index in [-0.39, 0.29) is 29.0 Å². The SMILES string of the molecule is O=C(CCN(C(=O)O)C(=O)c1ccccc1O)c1ccccc1O. The van der Waals surface area contributed by atoms with Gasteiger partial charge in [0.05, 0.1) is 11.1 Å². The van der Waals surface area contributed by atoms with Crippen LogP contribution in [0.5, 0.6) is 11.5 Å². The van der Waals surface area contributed by atoms with Gasteiger partial charge in [-0.3, -0.25) is 9.59 Å². The predicted molar refractivity (Wildman–Crippen MR) is 84.2 cm³/mol. The molecule has 0 bridgehead atoms. The summed E-state index contributed by atoms with van der Waals surface area (Å²) in [5, 5.41) is 28.5. The first-order valence-corrected chi connectivity index (χ1v) is 7.05. The molecule has 3 N–H and O–H groups in total. The standard InChI is InChI=1S/C17H15NO6/c19-13-7-3-1-5-11(13)15(21)9-10-18(17(23)24)16(22)12-6-2-4-8-14(12)20/h1-8,19-20H,9-10H2,(H,23,24). The molecule has 2 rings (SSSR count). The van der Waals surface area contributed by atoms with E-state index < -0.39 is 24.3 Å². The molecular weight excluding hydrogens is 314 g/mol. The molecular formula is C17H15NO6. The van der Waals surface area contributed by atoms with E-state index in [1.54, 1.807) is 12.1 Å². The fraction of sp³-hybridized carbons (Fsp3) is 0.118. The number of amides is 2. The van der Waals surface area contributed by atoms with Gasteiger partial charge < -0.3 is 15.3 Å². The van der Waals surface area contributed by atoms with Gasteiger partial charge in [-0.2, -0.15) is 0 Å². The lowest BCUT2D eigenvalue weighted by Gasteiger charge is -2.17. The molecule has 0 saturated carbocycles. The molecule has 2 aromatic carbocycles. The van der Waals surface area contributed by atoms with E-state index >= 15 is 0 Å². The van der Waals surface area contributed by atoms with Gasteiger partial charge in [0, 0.05) is 13.0 Å². The molecule has 7 heteroatoms. The number of carbonyl (C=O) groups is 3. The Morgan fingerprint density at radius 1 is 0.833 bits per heavy atom. The Hall–Kier alpha value is -3.35. The van der Waals surface area contributed by atoms with Crippen LogP contribution in [0.25, 0.3) is 0 Å². The Labute approximate surface area is 137 Å². The van der Waals surface area contributed by atoms with Gasteiger partial charge in [-0.1, -0.05) is 24.3 Å². The maximum atomic E-state index is 12.2. The summed E-state index contributed by atoms with van der Waals surface area (Å²) < 4.78 is 0. The van der Waals surface area contributed by atoms with Crippen molar-refractivity contribution < 1.29 is 29.7 Å². The molecule has 24 heavy (non-hydrogen) atoms. The second kappa shape index (κ2) is 7.28. The van der Waals surface area contributed by atoms with Crippen LogP contribution < -0.4 is 0 Å². The molecule has 0 aliphatic rings. The number of nitrogens with zero attached hydrogens (tertiary/aromatic N) is 1. The Morgan fingerprint density at radius 2 is 1.33 bits per heavy atom. The number of aromatic hydroxyl groups is 2. The van der Waals surface area contributed by atoms with Gasteiger partial charge in [-0.25, -0.2) is 9.69 Å². The molecule has 2 aromatic rings. The van der Waals surface area contributed by atoms with Crippen LogP contribution in [0, 0.1) is 0 Å². The minimum atomic E-state index is -1.53. The number of Topliss-reactive ketones (excluding diaryl/α,β-unsaturated/α-hetero) is 1. The number of hydrogen-bond donors (Lipinski definition) is 3. The van der Waals surface area contributed by atoms with Crippen molar-refractivity contribution in [3.05, 3.63) is 59.7 Å². The first-order chi connectivity index (χ1) is 11.4. The monoisotopic (exact) mass is 329 g/mol. The molecule has 0 aliphatic heterocycles. The normalized spacial score (nSPS) is 10.2. The summed E-state index contributed by atoms with van der Waals surface area (Å²) in [6.45, 7) is -0.393. The molecule has 0 heterocycles. The van der Waals surface area contributed by atoms with Gasteiger partial charge in [0.2, 0.25) is 0 Å². The largest absolute Gasteiger partial charge is 0.507 e. The summed E-state index contributed by atoms with van der Waals surface area (Å²) in [5.74, 6) is -1.98. The van der Waals surface area contributed by atoms with Crippen LogP contribution in [0.1, 0.15) is 27.1 Å². The minimum absolute atomic E-state index is 0.0536. The zero-order chi connectivity index (χ0) is 17.7. The molecule has 7 nitrogen and oxygen atoms in total. The van der Waals surface area contributed by atoms with Gasteiger partial charge in [0.1, 0.15) is 11.5 Å². The Morgan fingerprint density at radius 3 is 1.83 bits per heavy atom. The Balaban J connectivity index is 2.14. The highest BCUT2D eigenvalue weighted by molar-refractivity contribution is 6.05. The van der Waals surface area contributed by atoms with E-state index in [0.29, 0.717) is 4.90 Å². The van der Waals surface area contributed by atoms with E-state index in [2.05, 4.69) is 0 Å². The topological polar surface area (TPSA) is 115 Å². The van der Waals surface area contributed by atoms with Crippen LogP contribution >= 0.6 is 0 Å². The van der Waals surface area contributed by atoms with Crippen molar-refractivity contribution in [2.75, 3.05) is 6.54 Å². The van der Waals surface area contributed by atoms with Crippen LogP contribution in [-0.4, -0.2) is 44.5 Å². The molecule has 0 unspecified atom stereocenters. The van der Waals surface area contributed by atoms with Crippen molar-refractivity contribution in [3.63, 3.8) is 0 Å². The Kier molecular flexibility index (Phi) is 5.16. The van der Waals surface area contributed by atoms with Crippen molar-refractivity contribution in [3.8, 4) is 11.5 Å². The lowest BCUT2D eigenvalue weighted by molar-refractivity contribution is 0.0731. The van der Waals surface area contributed by atoms with E-state index in [1.165, 1.54) is 36.4 Å². The smallest absolute Gasteiger partial charge is 0.414 e. The predicted octanol–water partition coefficient (Wildman–Crippen LogP) is 2.49. The quantitative estimate of drug-likeness (QED) is 0.726. The van der Waals surface area contributed by atoms with E-state index in [4.69, 9.17) is 0 Å². The van der Waals surface area contributed by atoms with Crippen molar-refractivity contribution >= 4 is 17.8 Å². The van der Waals surface area contributed by atoms with Crippen LogP contribution in [0.3, 0.4) is 0 Å². The molecule has 0 spiro atoms. The number of imide groups is 1. The summed E-state index contributed by atoms with van der Waals surface area (Å²) in [6.07, 6.45) is -1.82. The lowest BCUT2D eigenvalue weighted by atomic mass is 10.1. The first kappa shape index (κ1) is 17.0. The molecule has 2 amide bonds. The summed E-state index contributed by atoms with van der Waals surface area (Å²) in [7, 11) is 0. The van der Waals surface area contributed by atoms with Gasteiger partial charge in [0.25, 0.3) is 5.91 Å². The van der Waals surface area contributed by atoms with Crippen molar-refractivity contribution in [1.29, 1.82) is 0 Å². The highest BCUT2D eigenvalue weighted by Crippen LogP contribution is 2.20. The molecule has 0 aliphatic carbocycles. The van der Waals surface area contributed by atoms with Crippen molar-refractivity contribution in [2.24, 2.45) is 0 Å². The van der Waals surface area contributed by atoms with Gasteiger partial charge >= 0.3 is 6.09 Å². The number of ketones is 1. The summed E-state index contributed by atoms with van der Waals surface area (Å²) in [6, 6.07) is 11.4. The fourth-order valence-electron chi connectivity index (χ4n) is 2.14. The number of carbonyl (C=O) groups excluding carboxylic acids is 2. The van der Waals surface area contributed by atoms with Gasteiger partial charge in [0.15, 0.2) is 5.78 Å². The average molecular weight is 329 g/mol. The van der Waals surface area contributed by atoms with Crippen LogP contribution in [0.4, 0.5) is 4.79 Å². The van der Waals surface area contributed by atoms with Crippen LogP contribution in [-0.2, 0) is 0 Å². The average Bonchev–Trinajstić information content (AvgIpc) is 2.55. The molecule has 0 radical (unpaired) electrons. The maximum Gasteiger partial charge on any atom is 0.414 e. The van der Waals surface area contributed by atoms with Crippen LogP contribution in [0.15, 0.2) is 48.5 Å². The van der Waals surface area contributed by atoms with Gasteiger partial charge in [-0.05, 0) is 24.3 Å². The number of carboxylic acid groups (broad SMARTS) is 1. The number of para-hydroxylation sites is 2. The molecule has 0 aromatic heterocycles. The molecule has 0 fully saturated rings. The highest BCUT2D eigenvalue weighted by Gasteiger charge is 2.25. The number of benzene rings is 2. The fourth-order valence-corrected chi connectivity index (χ4v) is 2.14. The number of phenols is 2. The zero-order valence-corrected chi connectivity index (χ0v) is 12.5. The lowest BCUT2D eigenvalue weighted by Crippen LogP contribution is -2.37. The van der Waals surface area contributed by atoms with Crippen molar-refractivity contribution in [1.82, 2.24) is 4.90 Å². The molecule has 124 valence electrons. The second-order valence-electron chi connectivity index (χ2n) is 4.95. The zero-order valence-electron chi connectivity index (χ0n) is 12.5. The highest BCUT2D eigenvalue weighted by atomic mass is 16.4. The van der Waals surface area contributed by atoms with E-state index in [1.807, 2.05) is 0 Å². The van der Waals surface area contributed by atoms with E-state index in [9.17, 15) is 29.7 Å². The van der Waals surface area contributed by atoms with Gasteiger partial charge in [-0.15, -0.1) is 0 Å². The number of hydrogen-bond acceptors (Lipinski definition) is 5. The summed E-state index contributed by atoms with van der Waals surface area (Å²) in [4.78, 5) is 36.1. The minimum Gasteiger partial charge on any atom is -0.507 e. The first-order valence-electron chi connectivity index (χ1n) is 7.05. The van der Waals surface area contributed by atoms with Crippen molar-refractivity contribution in [2.45, 2.75) is 6.42 Å². The van der Waals surface area contributed by atoms with Crippen LogP contribution in [0.2, 0.25) is 0 Å². The summed E-state index contributed by atoms with van der Waals surface area (Å²) in [5.41, 5.74) is -0.118.